The van der Waals surface area contributed by atoms with E-state index in [9.17, 15) is 9.59 Å². The van der Waals surface area contributed by atoms with Crippen LogP contribution < -0.4 is 0 Å². The third kappa shape index (κ3) is 10.5. The Morgan fingerprint density at radius 2 is 1.39 bits per heavy atom. The fourth-order valence-corrected chi connectivity index (χ4v) is 3.07. The maximum atomic E-state index is 12.3. The minimum atomic E-state index is -0.381. The summed E-state index contributed by atoms with van der Waals surface area (Å²) in [4.78, 5) is 24.5. The Morgan fingerprint density at radius 3 is 2.07 bits per heavy atom. The van der Waals surface area contributed by atoms with Crippen molar-refractivity contribution in [2.75, 3.05) is 6.61 Å². The molecule has 1 unspecified atom stereocenters. The van der Waals surface area contributed by atoms with Crippen LogP contribution in [0.15, 0.2) is 24.3 Å². The highest BCUT2D eigenvalue weighted by molar-refractivity contribution is 5.95. The zero-order chi connectivity index (χ0) is 20.6. The van der Waals surface area contributed by atoms with Gasteiger partial charge in [-0.05, 0) is 44.4 Å². The number of carbonyl (C=O) groups is 2. The quantitative estimate of drug-likeness (QED) is 0.246. The van der Waals surface area contributed by atoms with Crippen LogP contribution in [-0.2, 0) is 9.47 Å². The Kier molecular flexibility index (Phi) is 13.1. The molecule has 1 atom stereocenters. The molecular weight excluding hydrogens is 352 g/mol. The van der Waals surface area contributed by atoms with Crippen LogP contribution in [0.2, 0.25) is 0 Å². The van der Waals surface area contributed by atoms with E-state index < -0.39 is 0 Å². The SMILES string of the molecule is CCCCCCCCOC(=O)c1cccc(C(=O)OC(C)CCCCCC)c1. The van der Waals surface area contributed by atoms with E-state index in [-0.39, 0.29) is 18.0 Å². The van der Waals surface area contributed by atoms with Crippen molar-refractivity contribution in [3.63, 3.8) is 0 Å². The molecule has 1 aromatic rings. The molecular formula is C24H38O4. The molecule has 0 heterocycles. The first-order valence-electron chi connectivity index (χ1n) is 11.1. The molecule has 4 heteroatoms. The Morgan fingerprint density at radius 1 is 0.821 bits per heavy atom. The van der Waals surface area contributed by atoms with Crippen molar-refractivity contribution in [3.8, 4) is 0 Å². The summed E-state index contributed by atoms with van der Waals surface area (Å²) >= 11 is 0. The molecule has 0 spiro atoms. The van der Waals surface area contributed by atoms with Crippen LogP contribution in [-0.4, -0.2) is 24.6 Å². The third-order valence-corrected chi connectivity index (χ3v) is 4.84. The highest BCUT2D eigenvalue weighted by atomic mass is 16.5. The number of carbonyl (C=O) groups excluding carboxylic acids is 2. The first-order chi connectivity index (χ1) is 13.6. The monoisotopic (exact) mass is 390 g/mol. The van der Waals surface area contributed by atoms with E-state index >= 15 is 0 Å². The first kappa shape index (κ1) is 24.2. The first-order valence-corrected chi connectivity index (χ1v) is 11.1. The minimum absolute atomic E-state index is 0.118. The Labute approximate surface area is 171 Å². The highest BCUT2D eigenvalue weighted by Crippen LogP contribution is 2.13. The molecule has 0 bridgehead atoms. The van der Waals surface area contributed by atoms with Gasteiger partial charge in [0.2, 0.25) is 0 Å². The van der Waals surface area contributed by atoms with E-state index in [2.05, 4.69) is 13.8 Å². The van der Waals surface area contributed by atoms with Gasteiger partial charge in [0.25, 0.3) is 0 Å². The van der Waals surface area contributed by atoms with Crippen molar-refractivity contribution in [2.45, 2.75) is 97.5 Å². The third-order valence-electron chi connectivity index (χ3n) is 4.84. The number of hydrogen-bond donors (Lipinski definition) is 0. The van der Waals surface area contributed by atoms with Crippen LogP contribution in [0.25, 0.3) is 0 Å². The predicted molar refractivity (Wildman–Crippen MR) is 114 cm³/mol. The Hall–Kier alpha value is -1.84. The molecule has 0 radical (unpaired) electrons. The van der Waals surface area contributed by atoms with Gasteiger partial charge in [-0.3, -0.25) is 0 Å². The second-order valence-electron chi connectivity index (χ2n) is 7.55. The zero-order valence-electron chi connectivity index (χ0n) is 18.0. The van der Waals surface area contributed by atoms with Gasteiger partial charge in [-0.25, -0.2) is 9.59 Å². The van der Waals surface area contributed by atoms with Gasteiger partial charge in [0, 0.05) is 0 Å². The van der Waals surface area contributed by atoms with Gasteiger partial charge >= 0.3 is 11.9 Å². The van der Waals surface area contributed by atoms with Gasteiger partial charge in [-0.2, -0.15) is 0 Å². The lowest BCUT2D eigenvalue weighted by molar-refractivity contribution is 0.0319. The molecule has 0 fully saturated rings. The maximum absolute atomic E-state index is 12.3. The number of ether oxygens (including phenoxy) is 2. The maximum Gasteiger partial charge on any atom is 0.338 e. The summed E-state index contributed by atoms with van der Waals surface area (Å²) in [7, 11) is 0. The van der Waals surface area contributed by atoms with Crippen LogP contribution in [0, 0.1) is 0 Å². The highest BCUT2D eigenvalue weighted by Gasteiger charge is 2.15. The predicted octanol–water partition coefficient (Wildman–Crippen LogP) is 6.72. The minimum Gasteiger partial charge on any atom is -0.462 e. The van der Waals surface area contributed by atoms with Crippen molar-refractivity contribution in [2.24, 2.45) is 0 Å². The van der Waals surface area contributed by atoms with Crippen LogP contribution in [0.3, 0.4) is 0 Å². The normalized spacial score (nSPS) is 11.8. The van der Waals surface area contributed by atoms with Crippen LogP contribution >= 0.6 is 0 Å². The van der Waals surface area contributed by atoms with Crippen molar-refractivity contribution >= 4 is 11.9 Å². The molecule has 4 nitrogen and oxygen atoms in total. The lowest BCUT2D eigenvalue weighted by Crippen LogP contribution is -2.16. The van der Waals surface area contributed by atoms with Crippen LogP contribution in [0.5, 0.6) is 0 Å². The van der Waals surface area contributed by atoms with E-state index in [1.54, 1.807) is 24.3 Å². The number of esters is 2. The van der Waals surface area contributed by atoms with E-state index in [4.69, 9.17) is 9.47 Å². The fourth-order valence-electron chi connectivity index (χ4n) is 3.07. The van der Waals surface area contributed by atoms with Gasteiger partial charge in [0.1, 0.15) is 0 Å². The summed E-state index contributed by atoms with van der Waals surface area (Å²) in [5.41, 5.74) is 0.797. The molecule has 0 amide bonds. The van der Waals surface area contributed by atoms with Crippen molar-refractivity contribution in [1.82, 2.24) is 0 Å². The number of unbranched alkanes of at least 4 members (excludes halogenated alkanes) is 8. The van der Waals surface area contributed by atoms with Gasteiger partial charge in [-0.1, -0.05) is 71.3 Å². The largest absolute Gasteiger partial charge is 0.462 e. The molecule has 158 valence electrons. The van der Waals surface area contributed by atoms with Gasteiger partial charge in [0.15, 0.2) is 0 Å². The number of benzene rings is 1. The lowest BCUT2D eigenvalue weighted by Gasteiger charge is -2.13. The summed E-state index contributed by atoms with van der Waals surface area (Å²) in [6.45, 7) is 6.71. The van der Waals surface area contributed by atoms with E-state index in [1.165, 1.54) is 44.9 Å². The second kappa shape index (κ2) is 15.1. The topological polar surface area (TPSA) is 52.6 Å². The fraction of sp³-hybridized carbons (Fsp3) is 0.667. The van der Waals surface area contributed by atoms with E-state index in [0.717, 1.165) is 25.7 Å². The van der Waals surface area contributed by atoms with Gasteiger partial charge < -0.3 is 9.47 Å². The summed E-state index contributed by atoms with van der Waals surface area (Å²) in [6.07, 6.45) is 12.3. The van der Waals surface area contributed by atoms with Gasteiger partial charge in [0.05, 0.1) is 23.8 Å². The van der Waals surface area contributed by atoms with Crippen molar-refractivity contribution < 1.29 is 19.1 Å². The smallest absolute Gasteiger partial charge is 0.338 e. The molecule has 0 aromatic heterocycles. The molecule has 0 saturated heterocycles. The van der Waals surface area contributed by atoms with Crippen molar-refractivity contribution in [3.05, 3.63) is 35.4 Å². The average Bonchev–Trinajstić information content (AvgIpc) is 2.70. The standard InChI is InChI=1S/C24H38O4/c1-4-6-8-10-11-13-18-27-23(25)21-16-14-17-22(19-21)24(26)28-20(3)15-12-9-7-5-2/h14,16-17,19-20H,4-13,15,18H2,1-3H3. The van der Waals surface area contributed by atoms with E-state index in [1.807, 2.05) is 6.92 Å². The summed E-state index contributed by atoms with van der Waals surface area (Å²) in [5, 5.41) is 0. The molecule has 0 saturated carbocycles. The number of hydrogen-bond acceptors (Lipinski definition) is 4. The molecule has 1 aromatic carbocycles. The molecule has 0 aliphatic heterocycles. The molecule has 0 N–H and O–H groups in total. The van der Waals surface area contributed by atoms with Crippen LogP contribution in [0.4, 0.5) is 0 Å². The summed E-state index contributed by atoms with van der Waals surface area (Å²) in [6, 6.07) is 6.62. The Balaban J connectivity index is 2.38. The van der Waals surface area contributed by atoms with Crippen LogP contribution in [0.1, 0.15) is 112 Å². The lowest BCUT2D eigenvalue weighted by atomic mass is 10.1. The van der Waals surface area contributed by atoms with E-state index in [0.29, 0.717) is 17.7 Å². The Bertz CT molecular complexity index is 567. The molecule has 1 rings (SSSR count). The number of rotatable bonds is 15. The van der Waals surface area contributed by atoms with Gasteiger partial charge in [-0.15, -0.1) is 0 Å². The zero-order valence-corrected chi connectivity index (χ0v) is 18.0. The van der Waals surface area contributed by atoms with Crippen molar-refractivity contribution in [1.29, 1.82) is 0 Å². The summed E-state index contributed by atoms with van der Waals surface area (Å²) < 4.78 is 10.8. The summed E-state index contributed by atoms with van der Waals surface area (Å²) in [5.74, 6) is -0.760. The average molecular weight is 391 g/mol. The molecule has 28 heavy (non-hydrogen) atoms. The second-order valence-corrected chi connectivity index (χ2v) is 7.55. The molecule has 0 aliphatic carbocycles. The molecule has 0 aliphatic rings.